The van der Waals surface area contributed by atoms with Crippen LogP contribution in [0.4, 0.5) is 34.1 Å². The minimum absolute atomic E-state index is 0.0925. The van der Waals surface area contributed by atoms with Gasteiger partial charge < -0.3 is 37.1 Å². The number of nitroso groups, excluding NO2 is 2. The van der Waals surface area contributed by atoms with E-state index in [2.05, 4.69) is 10.4 Å². The van der Waals surface area contributed by atoms with E-state index in [1.165, 1.54) is 36.4 Å². The highest BCUT2D eigenvalue weighted by molar-refractivity contribution is 6.22. The molecule has 6 aromatic carbocycles. The molecular weight excluding hydrogens is 825 g/mol. The van der Waals surface area contributed by atoms with Crippen LogP contribution in [0.3, 0.4) is 0 Å². The second-order valence-corrected chi connectivity index (χ2v) is 14.6. The largest absolute Gasteiger partial charge is 0.397 e. The molecule has 2 heterocycles. The van der Waals surface area contributed by atoms with E-state index in [0.29, 0.717) is 0 Å². The average molecular weight is 859 g/mol. The summed E-state index contributed by atoms with van der Waals surface area (Å²) in [4.78, 5) is 130. The summed E-state index contributed by atoms with van der Waals surface area (Å²) < 4.78 is 18.4. The summed E-state index contributed by atoms with van der Waals surface area (Å²) in [7, 11) is 0. The number of hydrogen-bond acceptors (Lipinski definition) is 19. The number of ether oxygens (including phenoxy) is 3. The van der Waals surface area contributed by atoms with Crippen LogP contribution < -0.4 is 66.9 Å². The molecule has 0 saturated carbocycles. The summed E-state index contributed by atoms with van der Waals surface area (Å²) in [5.41, 5.74) is 16.7. The highest BCUT2D eigenvalue weighted by Crippen LogP contribution is 2.35. The predicted molar refractivity (Wildman–Crippen MR) is 239 cm³/mol. The van der Waals surface area contributed by atoms with Crippen LogP contribution in [-0.2, 0) is 27.3 Å². The van der Waals surface area contributed by atoms with Crippen molar-refractivity contribution in [3.63, 3.8) is 0 Å². The van der Waals surface area contributed by atoms with Gasteiger partial charge in [0.1, 0.15) is 11.4 Å². The molecule has 0 spiro atoms. The Morgan fingerprint density at radius 3 is 1.02 bits per heavy atom. The van der Waals surface area contributed by atoms with Crippen LogP contribution in [0.2, 0.25) is 0 Å². The maximum Gasteiger partial charge on any atom is 0.263 e. The number of rotatable bonds is 16. The van der Waals surface area contributed by atoms with Gasteiger partial charge in [-0.2, -0.15) is 0 Å². The second kappa shape index (κ2) is 16.2. The van der Waals surface area contributed by atoms with Gasteiger partial charge in [0, 0.05) is 37.1 Å². The van der Waals surface area contributed by atoms with Gasteiger partial charge in [-0.1, -0.05) is 24.3 Å². The quantitative estimate of drug-likeness (QED) is 0.0351. The Hall–Kier alpha value is -7.88. The molecule has 0 aliphatic carbocycles. The number of aromatic nitrogens is 2. The molecule has 0 atom stereocenters. The van der Waals surface area contributed by atoms with Gasteiger partial charge in [0.2, 0.25) is 0 Å². The van der Waals surface area contributed by atoms with Crippen LogP contribution in [0, 0.1) is 9.81 Å². The Labute approximate surface area is 348 Å². The number of nitrogen functional groups attached to an aromatic ring is 4. The average Bonchev–Trinajstić information content (AvgIpc) is 3.68. The van der Waals surface area contributed by atoms with Gasteiger partial charge in [0.25, 0.3) is 22.2 Å². The second-order valence-electron chi connectivity index (χ2n) is 14.6. The lowest BCUT2D eigenvalue weighted by Gasteiger charge is -2.08. The molecule has 0 unspecified atom stereocenters. The molecule has 0 aliphatic rings. The van der Waals surface area contributed by atoms with E-state index < -0.39 is 55.3 Å². The third-order valence-electron chi connectivity index (χ3n) is 11.2. The lowest BCUT2D eigenvalue weighted by molar-refractivity contribution is 0.0128. The van der Waals surface area contributed by atoms with E-state index >= 15 is 0 Å². The number of anilines is 4. The van der Waals surface area contributed by atoms with Crippen LogP contribution in [-0.4, -0.2) is 48.8 Å². The molecular formula is C42H34N8O13. The molecule has 21 nitrogen and oxygen atoms in total. The first kappa shape index (κ1) is 41.8. The Morgan fingerprint density at radius 2 is 0.698 bits per heavy atom. The first-order valence-electron chi connectivity index (χ1n) is 19.3. The molecule has 63 heavy (non-hydrogen) atoms. The Bertz CT molecular complexity index is 3490. The molecule has 8 rings (SSSR count). The number of nitrogens with zero attached hydrogens (tertiary/aromatic N) is 4. The molecule has 0 amide bonds. The van der Waals surface area contributed by atoms with E-state index in [1.807, 2.05) is 0 Å². The van der Waals surface area contributed by atoms with Crippen molar-refractivity contribution in [2.45, 2.75) is 25.9 Å². The van der Waals surface area contributed by atoms with Crippen LogP contribution in [0.25, 0.3) is 64.6 Å². The van der Waals surface area contributed by atoms with Crippen LogP contribution in [0.1, 0.15) is 12.8 Å². The molecule has 8 N–H and O–H groups in total. The summed E-state index contributed by atoms with van der Waals surface area (Å²) in [6, 6.07) is 7.93. The van der Waals surface area contributed by atoms with E-state index in [1.54, 1.807) is 0 Å². The molecule has 0 radical (unpaired) electrons. The van der Waals surface area contributed by atoms with Crippen LogP contribution in [0.5, 0.6) is 0 Å². The van der Waals surface area contributed by atoms with Crippen molar-refractivity contribution in [3.05, 3.63) is 129 Å². The highest BCUT2D eigenvalue weighted by atomic mass is 16.5. The van der Waals surface area contributed by atoms with Gasteiger partial charge >= 0.3 is 0 Å². The van der Waals surface area contributed by atoms with Crippen molar-refractivity contribution in [2.75, 3.05) is 62.6 Å². The van der Waals surface area contributed by atoms with Crippen molar-refractivity contribution in [1.82, 2.24) is 9.13 Å². The minimum atomic E-state index is -0.816. The van der Waals surface area contributed by atoms with Crippen LogP contribution >= 0.6 is 0 Å². The first-order valence-corrected chi connectivity index (χ1v) is 19.3. The maximum atomic E-state index is 13.5. The normalized spacial score (nSPS) is 11.9. The molecule has 320 valence electrons. The molecule has 0 saturated heterocycles. The zero-order chi connectivity index (χ0) is 45.0. The molecule has 2 aromatic heterocycles. The van der Waals surface area contributed by atoms with Crippen molar-refractivity contribution in [3.8, 4) is 0 Å². The summed E-state index contributed by atoms with van der Waals surface area (Å²) in [6.07, 6.45) is 0.426. The number of hydrogen-bond donors (Lipinski definition) is 4. The topological polar surface area (TPSA) is 337 Å². The Balaban J connectivity index is 0.831. The SMILES string of the molecule is Nc1c2c(=O)c3cccc(N=O)c3c(=O)c2c(N)c2c(=O)n(CCCOCCOCCOCCCn3c(=O)c4c(N)c5c(=O)c6cccc(N=O)c6c(=O)c5c(N)c4c3=O)c(=O)c12. The fourth-order valence-corrected chi connectivity index (χ4v) is 8.34. The summed E-state index contributed by atoms with van der Waals surface area (Å²) >= 11 is 0. The molecule has 0 bridgehead atoms. The van der Waals surface area contributed by atoms with Gasteiger partial charge in [-0.3, -0.25) is 47.5 Å². The van der Waals surface area contributed by atoms with Crippen molar-refractivity contribution >= 4 is 98.8 Å². The first-order chi connectivity index (χ1) is 30.3. The third kappa shape index (κ3) is 6.35. The predicted octanol–water partition coefficient (Wildman–Crippen LogP) is 1.50. The van der Waals surface area contributed by atoms with Crippen molar-refractivity contribution in [2.24, 2.45) is 10.4 Å². The van der Waals surface area contributed by atoms with Crippen molar-refractivity contribution < 1.29 is 14.2 Å². The standard InChI is InChI=1S/C42H34N8O13/c43-31-23-25(37(53)21-17(35(23)51)5-1-7-19(21)47-59)33(45)29-27(31)39(55)49(41(29)57)9-3-11-61-13-15-63-16-14-62-12-4-10-50-40(56)28-30(42(50)58)34(46)26-24(32(28)44)36(52)18-6-2-8-20(48-60)22(18)38(26)54/h1-2,5-8H,3-4,9-16,43-46H2. The highest BCUT2D eigenvalue weighted by Gasteiger charge is 2.28. The van der Waals surface area contributed by atoms with Crippen molar-refractivity contribution in [1.29, 1.82) is 0 Å². The lowest BCUT2D eigenvalue weighted by atomic mass is 9.96. The number of fused-ring (bicyclic) bond motifs is 6. The van der Waals surface area contributed by atoms with E-state index in [-0.39, 0.29) is 153 Å². The van der Waals surface area contributed by atoms with Crippen LogP contribution in [0.15, 0.2) is 85.1 Å². The van der Waals surface area contributed by atoms with E-state index in [0.717, 1.165) is 9.13 Å². The summed E-state index contributed by atoms with van der Waals surface area (Å²) in [5.74, 6) is 0. The van der Waals surface area contributed by atoms with E-state index in [4.69, 9.17) is 37.1 Å². The zero-order valence-electron chi connectivity index (χ0n) is 32.9. The van der Waals surface area contributed by atoms with E-state index in [9.17, 15) is 48.2 Å². The summed E-state index contributed by atoms with van der Waals surface area (Å²) in [5, 5.41) is 2.38. The fourth-order valence-electron chi connectivity index (χ4n) is 8.34. The monoisotopic (exact) mass is 858 g/mol. The van der Waals surface area contributed by atoms with Gasteiger partial charge in [0.15, 0.2) is 21.7 Å². The minimum Gasteiger partial charge on any atom is -0.397 e. The van der Waals surface area contributed by atoms with Gasteiger partial charge in [-0.25, -0.2) is 0 Å². The zero-order valence-corrected chi connectivity index (χ0v) is 32.9. The molecule has 0 aliphatic heterocycles. The maximum absolute atomic E-state index is 13.5. The summed E-state index contributed by atoms with van der Waals surface area (Å²) in [6.45, 7) is 0.723. The molecule has 0 fully saturated rings. The fraction of sp³-hybridized carbons (Fsp3) is 0.238. The van der Waals surface area contributed by atoms with Gasteiger partial charge in [0.05, 0.1) is 103 Å². The van der Waals surface area contributed by atoms with Gasteiger partial charge in [-0.05, 0) is 35.3 Å². The number of nitrogens with two attached hydrogens (primary N) is 4. The Kier molecular flexibility index (Phi) is 10.8. The lowest BCUT2D eigenvalue weighted by Crippen LogP contribution is -2.26. The Morgan fingerprint density at radius 1 is 0.397 bits per heavy atom. The molecule has 21 heteroatoms. The third-order valence-corrected chi connectivity index (χ3v) is 11.2. The van der Waals surface area contributed by atoms with Gasteiger partial charge in [-0.15, -0.1) is 9.81 Å². The number of benzene rings is 6. The smallest absolute Gasteiger partial charge is 0.263 e. The molecule has 8 aromatic rings.